The quantitative estimate of drug-likeness (QED) is 0.767. The van der Waals surface area contributed by atoms with Crippen molar-refractivity contribution in [1.82, 2.24) is 9.97 Å². The van der Waals surface area contributed by atoms with E-state index in [1.54, 1.807) is 0 Å². The van der Waals surface area contributed by atoms with Gasteiger partial charge < -0.3 is 10.4 Å². The van der Waals surface area contributed by atoms with E-state index in [-0.39, 0.29) is 12.3 Å². The minimum Gasteiger partial charge on any atom is -0.481 e. The first-order chi connectivity index (χ1) is 9.77. The normalized spacial score (nSPS) is 12.7. The first-order valence-corrected chi connectivity index (χ1v) is 7.59. The molecule has 1 heterocycles. The summed E-state index contributed by atoms with van der Waals surface area (Å²) in [5.74, 6) is 0.751. The highest BCUT2D eigenvalue weighted by Gasteiger charge is 2.16. The smallest absolute Gasteiger partial charge is 0.303 e. The van der Waals surface area contributed by atoms with Crippen molar-refractivity contribution in [2.45, 2.75) is 53.4 Å². The number of hydrogen-bond acceptors (Lipinski definition) is 4. The molecule has 5 nitrogen and oxygen atoms in total. The third-order valence-electron chi connectivity index (χ3n) is 3.28. The molecule has 0 amide bonds. The number of aryl methyl sites for hydroxylation is 1. The number of hydrogen-bond donors (Lipinski definition) is 2. The predicted octanol–water partition coefficient (Wildman–Crippen LogP) is 3.46. The number of aliphatic carboxylic acids is 1. The molecule has 0 aromatic carbocycles. The fourth-order valence-electron chi connectivity index (χ4n) is 2.36. The molecule has 5 heteroatoms. The molecule has 1 aromatic heterocycles. The lowest BCUT2D eigenvalue weighted by Gasteiger charge is -2.18. The standard InChI is InChI=1S/C16H27N3O2/c1-10(2)6-13(8-15(20)21)9-17-16-18-12(5)7-14(19-16)11(3)4/h7,10-11,13H,6,8-9H2,1-5H3,(H,20,21)(H,17,18,19). The van der Waals surface area contributed by atoms with Crippen molar-refractivity contribution in [3.05, 3.63) is 17.5 Å². The molecule has 1 atom stereocenters. The van der Waals surface area contributed by atoms with Gasteiger partial charge in [0.2, 0.25) is 5.95 Å². The number of carbonyl (C=O) groups is 1. The average molecular weight is 293 g/mol. The van der Waals surface area contributed by atoms with Gasteiger partial charge in [0.15, 0.2) is 0 Å². The van der Waals surface area contributed by atoms with Gasteiger partial charge in [0.25, 0.3) is 0 Å². The minimum atomic E-state index is -0.754. The molecule has 0 bridgehead atoms. The van der Waals surface area contributed by atoms with E-state index >= 15 is 0 Å². The highest BCUT2D eigenvalue weighted by Crippen LogP contribution is 2.18. The molecule has 1 aromatic rings. The van der Waals surface area contributed by atoms with Crippen molar-refractivity contribution in [3.8, 4) is 0 Å². The van der Waals surface area contributed by atoms with E-state index in [1.807, 2.05) is 13.0 Å². The van der Waals surface area contributed by atoms with Crippen molar-refractivity contribution in [2.24, 2.45) is 11.8 Å². The van der Waals surface area contributed by atoms with Crippen LogP contribution in [-0.4, -0.2) is 27.6 Å². The summed E-state index contributed by atoms with van der Waals surface area (Å²) in [7, 11) is 0. The number of nitrogens with one attached hydrogen (secondary N) is 1. The van der Waals surface area contributed by atoms with Gasteiger partial charge in [-0.2, -0.15) is 0 Å². The number of carboxylic acids is 1. The molecule has 0 aliphatic heterocycles. The summed E-state index contributed by atoms with van der Waals surface area (Å²) in [5, 5.41) is 12.2. The molecule has 0 radical (unpaired) electrons. The molecular formula is C16H27N3O2. The van der Waals surface area contributed by atoms with Crippen LogP contribution in [0.15, 0.2) is 6.07 Å². The maximum Gasteiger partial charge on any atom is 0.303 e. The number of aromatic nitrogens is 2. The third-order valence-corrected chi connectivity index (χ3v) is 3.28. The lowest BCUT2D eigenvalue weighted by molar-refractivity contribution is -0.138. The fraction of sp³-hybridized carbons (Fsp3) is 0.688. The SMILES string of the molecule is Cc1cc(C(C)C)nc(NCC(CC(=O)O)CC(C)C)n1. The summed E-state index contributed by atoms with van der Waals surface area (Å²) in [6.07, 6.45) is 1.05. The first-order valence-electron chi connectivity index (χ1n) is 7.59. The Morgan fingerprint density at radius 1 is 1.29 bits per heavy atom. The van der Waals surface area contributed by atoms with Crippen LogP contribution in [0.1, 0.15) is 57.8 Å². The van der Waals surface area contributed by atoms with Crippen LogP contribution in [0.3, 0.4) is 0 Å². The average Bonchev–Trinajstić information content (AvgIpc) is 2.34. The van der Waals surface area contributed by atoms with Crippen LogP contribution in [-0.2, 0) is 4.79 Å². The highest BCUT2D eigenvalue weighted by atomic mass is 16.4. The Labute approximate surface area is 127 Å². The summed E-state index contributed by atoms with van der Waals surface area (Å²) in [6.45, 7) is 10.9. The monoisotopic (exact) mass is 293 g/mol. The van der Waals surface area contributed by atoms with Gasteiger partial charge in [-0.25, -0.2) is 9.97 Å². The highest BCUT2D eigenvalue weighted by molar-refractivity contribution is 5.67. The van der Waals surface area contributed by atoms with E-state index < -0.39 is 5.97 Å². The van der Waals surface area contributed by atoms with Gasteiger partial charge in [-0.3, -0.25) is 4.79 Å². The van der Waals surface area contributed by atoms with Crippen LogP contribution in [0, 0.1) is 18.8 Å². The van der Waals surface area contributed by atoms with Crippen LogP contribution in [0.5, 0.6) is 0 Å². The fourth-order valence-corrected chi connectivity index (χ4v) is 2.36. The molecule has 1 rings (SSSR count). The van der Waals surface area contributed by atoms with Crippen LogP contribution in [0.2, 0.25) is 0 Å². The summed E-state index contributed by atoms with van der Waals surface area (Å²) >= 11 is 0. The first kappa shape index (κ1) is 17.4. The van der Waals surface area contributed by atoms with Crippen LogP contribution < -0.4 is 5.32 Å². The van der Waals surface area contributed by atoms with Crippen LogP contribution in [0.4, 0.5) is 5.95 Å². The summed E-state index contributed by atoms with van der Waals surface area (Å²) in [4.78, 5) is 19.8. The number of carboxylic acid groups (broad SMARTS) is 1. The molecule has 0 aliphatic carbocycles. The Hall–Kier alpha value is -1.65. The molecular weight excluding hydrogens is 266 g/mol. The van der Waals surface area contributed by atoms with E-state index in [2.05, 4.69) is 43.0 Å². The maximum absolute atomic E-state index is 10.9. The van der Waals surface area contributed by atoms with Crippen molar-refractivity contribution < 1.29 is 9.90 Å². The van der Waals surface area contributed by atoms with E-state index in [9.17, 15) is 4.79 Å². The third kappa shape index (κ3) is 6.56. The Bertz CT molecular complexity index is 473. The second kappa shape index (κ2) is 7.96. The zero-order valence-corrected chi connectivity index (χ0v) is 13.7. The second-order valence-electron chi connectivity index (χ2n) is 6.39. The molecule has 21 heavy (non-hydrogen) atoms. The van der Waals surface area contributed by atoms with Crippen LogP contribution in [0.25, 0.3) is 0 Å². The van der Waals surface area contributed by atoms with Crippen molar-refractivity contribution >= 4 is 11.9 Å². The van der Waals surface area contributed by atoms with Gasteiger partial charge in [0.05, 0.1) is 0 Å². The van der Waals surface area contributed by atoms with Gasteiger partial charge in [-0.1, -0.05) is 27.7 Å². The minimum absolute atomic E-state index is 0.0918. The maximum atomic E-state index is 10.9. The summed E-state index contributed by atoms with van der Waals surface area (Å²) < 4.78 is 0. The zero-order valence-electron chi connectivity index (χ0n) is 13.7. The Kier molecular flexibility index (Phi) is 6.59. The molecule has 0 aliphatic rings. The van der Waals surface area contributed by atoms with E-state index in [4.69, 9.17) is 5.11 Å². The van der Waals surface area contributed by atoms with Gasteiger partial charge in [-0.05, 0) is 37.2 Å². The van der Waals surface area contributed by atoms with E-state index in [0.717, 1.165) is 17.8 Å². The lowest BCUT2D eigenvalue weighted by atomic mass is 9.94. The zero-order chi connectivity index (χ0) is 16.0. The Balaban J connectivity index is 2.72. The van der Waals surface area contributed by atoms with E-state index in [1.165, 1.54) is 0 Å². The Morgan fingerprint density at radius 3 is 2.48 bits per heavy atom. The molecule has 0 spiro atoms. The molecule has 0 saturated heterocycles. The van der Waals surface area contributed by atoms with Crippen molar-refractivity contribution in [1.29, 1.82) is 0 Å². The molecule has 118 valence electrons. The molecule has 0 fully saturated rings. The number of nitrogens with zero attached hydrogens (tertiary/aromatic N) is 2. The van der Waals surface area contributed by atoms with Gasteiger partial charge >= 0.3 is 5.97 Å². The second-order valence-corrected chi connectivity index (χ2v) is 6.39. The Morgan fingerprint density at radius 2 is 1.95 bits per heavy atom. The van der Waals surface area contributed by atoms with Crippen molar-refractivity contribution in [2.75, 3.05) is 11.9 Å². The van der Waals surface area contributed by atoms with E-state index in [0.29, 0.717) is 24.3 Å². The number of anilines is 1. The van der Waals surface area contributed by atoms with Gasteiger partial charge in [0, 0.05) is 24.4 Å². The van der Waals surface area contributed by atoms with Gasteiger partial charge in [-0.15, -0.1) is 0 Å². The van der Waals surface area contributed by atoms with Crippen LogP contribution >= 0.6 is 0 Å². The lowest BCUT2D eigenvalue weighted by Crippen LogP contribution is -2.21. The predicted molar refractivity (Wildman–Crippen MR) is 84.5 cm³/mol. The van der Waals surface area contributed by atoms with Gasteiger partial charge in [0.1, 0.15) is 0 Å². The molecule has 0 saturated carbocycles. The summed E-state index contributed by atoms with van der Waals surface area (Å²) in [6, 6.07) is 1.98. The number of rotatable bonds is 8. The summed E-state index contributed by atoms with van der Waals surface area (Å²) in [5.41, 5.74) is 1.93. The molecule has 2 N–H and O–H groups in total. The van der Waals surface area contributed by atoms with Crippen molar-refractivity contribution in [3.63, 3.8) is 0 Å². The molecule has 1 unspecified atom stereocenters. The topological polar surface area (TPSA) is 75.1 Å². The largest absolute Gasteiger partial charge is 0.481 e.